The number of hydrogen-bond acceptors (Lipinski definition) is 5. The second-order valence-corrected chi connectivity index (χ2v) is 9.18. The van der Waals surface area contributed by atoms with Crippen LogP contribution in [0.5, 0.6) is 0 Å². The van der Waals surface area contributed by atoms with E-state index in [1.165, 1.54) is 0 Å². The van der Waals surface area contributed by atoms with Gasteiger partial charge in [-0.1, -0.05) is 42.6 Å². The molecule has 0 saturated carbocycles. The molecule has 0 atom stereocenters. The van der Waals surface area contributed by atoms with Crippen molar-refractivity contribution in [3.8, 4) is 0 Å². The molecule has 2 aromatic carbocycles. The number of nitrogens with zero attached hydrogens (tertiary/aromatic N) is 3. The van der Waals surface area contributed by atoms with E-state index in [-0.39, 0.29) is 5.91 Å². The molecule has 178 valence electrons. The number of hydrogen-bond donors (Lipinski definition) is 3. The zero-order chi connectivity index (χ0) is 24.9. The first kappa shape index (κ1) is 23.2. The summed E-state index contributed by atoms with van der Waals surface area (Å²) < 4.78 is 1.76. The molecule has 8 heteroatoms. The van der Waals surface area contributed by atoms with Crippen LogP contribution in [0.25, 0.3) is 28.8 Å². The van der Waals surface area contributed by atoms with E-state index in [1.807, 2.05) is 73.9 Å². The topological polar surface area (TPSA) is 87.6 Å². The number of carbonyl (C=O) groups is 1. The number of amides is 1. The summed E-state index contributed by atoms with van der Waals surface area (Å²) in [6.07, 6.45) is 7.50. The maximum absolute atomic E-state index is 12.4. The SMILES string of the molecule is C=C(NNC(=O)c1cccn1C)c1ccccc1Sc1ccc2c(/C=C/c3ccccn3)n[nH]c2c1. The molecule has 7 nitrogen and oxygen atoms in total. The number of aromatic nitrogens is 4. The lowest BCUT2D eigenvalue weighted by Crippen LogP contribution is -2.36. The predicted molar refractivity (Wildman–Crippen MR) is 145 cm³/mol. The molecule has 36 heavy (non-hydrogen) atoms. The highest BCUT2D eigenvalue weighted by Gasteiger charge is 2.12. The van der Waals surface area contributed by atoms with Crippen molar-refractivity contribution in [2.24, 2.45) is 7.05 Å². The van der Waals surface area contributed by atoms with Crippen LogP contribution in [0.1, 0.15) is 27.4 Å². The van der Waals surface area contributed by atoms with Crippen LogP contribution in [0.15, 0.2) is 102 Å². The highest BCUT2D eigenvalue weighted by Crippen LogP contribution is 2.34. The van der Waals surface area contributed by atoms with E-state index >= 15 is 0 Å². The maximum Gasteiger partial charge on any atom is 0.286 e. The fourth-order valence-electron chi connectivity index (χ4n) is 3.74. The summed E-state index contributed by atoms with van der Waals surface area (Å²) >= 11 is 1.62. The monoisotopic (exact) mass is 492 g/mol. The standard InChI is InChI=1S/C28H24N6OS/c1-19(30-33-28(35)26-10-7-17-34(26)2)22-9-3-4-11-27(22)36-21-13-14-23-24(31-32-25(23)18-21)15-12-20-8-5-6-16-29-20/h3-18,30H,1H2,2H3,(H,31,32)(H,33,35)/b15-12+. The van der Waals surface area contributed by atoms with Crippen molar-refractivity contribution in [1.82, 2.24) is 30.6 Å². The van der Waals surface area contributed by atoms with Gasteiger partial charge in [-0.3, -0.25) is 25.7 Å². The fraction of sp³-hybridized carbons (Fsp3) is 0.0357. The molecule has 3 aromatic heterocycles. The third-order valence-electron chi connectivity index (χ3n) is 5.61. The van der Waals surface area contributed by atoms with Crippen LogP contribution in [-0.4, -0.2) is 25.7 Å². The molecule has 0 fully saturated rings. The van der Waals surface area contributed by atoms with Gasteiger partial charge in [0.1, 0.15) is 5.69 Å². The molecule has 5 rings (SSSR count). The van der Waals surface area contributed by atoms with Crippen LogP contribution in [0.3, 0.4) is 0 Å². The zero-order valence-corrected chi connectivity index (χ0v) is 20.4. The Morgan fingerprint density at radius 2 is 1.89 bits per heavy atom. The van der Waals surface area contributed by atoms with Gasteiger partial charge in [0.05, 0.1) is 22.6 Å². The summed E-state index contributed by atoms with van der Waals surface area (Å²) in [5.41, 5.74) is 10.4. The number of rotatable bonds is 8. The largest absolute Gasteiger partial charge is 0.347 e. The molecule has 1 amide bonds. The van der Waals surface area contributed by atoms with E-state index in [1.54, 1.807) is 28.6 Å². The number of hydrazine groups is 1. The minimum absolute atomic E-state index is 0.230. The van der Waals surface area contributed by atoms with Gasteiger partial charge in [-0.25, -0.2) is 0 Å². The molecule has 0 aliphatic heterocycles. The molecule has 0 spiro atoms. The second kappa shape index (κ2) is 10.4. The normalized spacial score (nSPS) is 11.1. The van der Waals surface area contributed by atoms with Gasteiger partial charge in [0.15, 0.2) is 0 Å². The molecule has 0 radical (unpaired) electrons. The van der Waals surface area contributed by atoms with Crippen LogP contribution in [0, 0.1) is 0 Å². The number of H-pyrrole nitrogens is 1. The molecule has 0 saturated heterocycles. The highest BCUT2D eigenvalue weighted by molar-refractivity contribution is 7.99. The Bertz CT molecular complexity index is 1570. The Hall–Kier alpha value is -4.56. The van der Waals surface area contributed by atoms with Crippen LogP contribution in [0.2, 0.25) is 0 Å². The first-order valence-corrected chi connectivity index (χ1v) is 12.1. The highest BCUT2D eigenvalue weighted by atomic mass is 32.2. The Balaban J connectivity index is 1.30. The number of fused-ring (bicyclic) bond motifs is 1. The maximum atomic E-state index is 12.4. The summed E-state index contributed by atoms with van der Waals surface area (Å²) in [5, 5.41) is 8.62. The first-order valence-electron chi connectivity index (χ1n) is 11.3. The average molecular weight is 493 g/mol. The van der Waals surface area contributed by atoms with Gasteiger partial charge in [0.2, 0.25) is 0 Å². The molecule has 0 unspecified atom stereocenters. The smallest absolute Gasteiger partial charge is 0.286 e. The summed E-state index contributed by atoms with van der Waals surface area (Å²) in [6, 6.07) is 23.5. The molecule has 0 aliphatic rings. The van der Waals surface area contributed by atoms with Gasteiger partial charge in [-0.05, 0) is 60.7 Å². The minimum atomic E-state index is -0.230. The van der Waals surface area contributed by atoms with E-state index in [9.17, 15) is 4.79 Å². The van der Waals surface area contributed by atoms with Crippen molar-refractivity contribution >= 4 is 46.4 Å². The number of aryl methyl sites for hydroxylation is 1. The predicted octanol–water partition coefficient (Wildman–Crippen LogP) is 5.52. The number of benzene rings is 2. The summed E-state index contributed by atoms with van der Waals surface area (Å²) in [7, 11) is 1.83. The van der Waals surface area contributed by atoms with Crippen LogP contribution in [0.4, 0.5) is 0 Å². The van der Waals surface area contributed by atoms with E-state index in [0.29, 0.717) is 11.4 Å². The summed E-state index contributed by atoms with van der Waals surface area (Å²) in [5.74, 6) is -0.230. The van der Waals surface area contributed by atoms with Crippen LogP contribution >= 0.6 is 11.8 Å². The molecule has 3 N–H and O–H groups in total. The number of aromatic amines is 1. The number of carbonyl (C=O) groups excluding carboxylic acids is 1. The van der Waals surface area contributed by atoms with Gasteiger partial charge >= 0.3 is 0 Å². The minimum Gasteiger partial charge on any atom is -0.347 e. The van der Waals surface area contributed by atoms with Crippen molar-refractivity contribution in [3.63, 3.8) is 0 Å². The number of nitrogens with one attached hydrogen (secondary N) is 3. The molecule has 3 heterocycles. The van der Waals surface area contributed by atoms with Crippen molar-refractivity contribution in [1.29, 1.82) is 0 Å². The lowest BCUT2D eigenvalue weighted by molar-refractivity contribution is 0.0934. The first-order chi connectivity index (χ1) is 17.6. The molecule has 0 aliphatic carbocycles. The van der Waals surface area contributed by atoms with Crippen molar-refractivity contribution in [3.05, 3.63) is 114 Å². The van der Waals surface area contributed by atoms with Gasteiger partial charge in [0.25, 0.3) is 5.91 Å². The van der Waals surface area contributed by atoms with E-state index in [2.05, 4.69) is 50.8 Å². The lowest BCUT2D eigenvalue weighted by atomic mass is 10.2. The third-order valence-corrected chi connectivity index (χ3v) is 6.67. The van der Waals surface area contributed by atoms with Gasteiger partial charge in [0, 0.05) is 40.2 Å². The number of pyridine rings is 1. The van der Waals surface area contributed by atoms with Gasteiger partial charge in [-0.15, -0.1) is 0 Å². The second-order valence-electron chi connectivity index (χ2n) is 8.06. The van der Waals surface area contributed by atoms with Crippen LogP contribution < -0.4 is 10.9 Å². The van der Waals surface area contributed by atoms with Crippen molar-refractivity contribution in [2.75, 3.05) is 0 Å². The fourth-order valence-corrected chi connectivity index (χ4v) is 4.76. The van der Waals surface area contributed by atoms with Gasteiger partial charge < -0.3 is 4.57 Å². The lowest BCUT2D eigenvalue weighted by Gasteiger charge is -2.15. The van der Waals surface area contributed by atoms with E-state index in [4.69, 9.17) is 0 Å². The third kappa shape index (κ3) is 5.08. The van der Waals surface area contributed by atoms with Crippen molar-refractivity contribution < 1.29 is 4.79 Å². The van der Waals surface area contributed by atoms with Crippen LogP contribution in [-0.2, 0) is 7.05 Å². The molecule has 0 bridgehead atoms. The average Bonchev–Trinajstić information content (AvgIpc) is 3.52. The zero-order valence-electron chi connectivity index (χ0n) is 19.6. The van der Waals surface area contributed by atoms with Crippen molar-refractivity contribution in [2.45, 2.75) is 9.79 Å². The Morgan fingerprint density at radius 1 is 1.03 bits per heavy atom. The molecular formula is C28H24N6OS. The quantitative estimate of drug-likeness (QED) is 0.248. The Kier molecular flexibility index (Phi) is 6.68. The van der Waals surface area contributed by atoms with Gasteiger partial charge in [-0.2, -0.15) is 5.10 Å². The molecular weight excluding hydrogens is 468 g/mol. The van der Waals surface area contributed by atoms with E-state index < -0.39 is 0 Å². The Morgan fingerprint density at radius 3 is 2.69 bits per heavy atom. The molecule has 5 aromatic rings. The summed E-state index contributed by atoms with van der Waals surface area (Å²) in [4.78, 5) is 18.8. The Labute approximate surface area is 212 Å². The summed E-state index contributed by atoms with van der Waals surface area (Å²) in [6.45, 7) is 4.13. The van der Waals surface area contributed by atoms with E-state index in [0.717, 1.165) is 37.6 Å².